The molecular weight excluding hydrogens is 281 g/mol. The van der Waals surface area contributed by atoms with Crippen LogP contribution in [0.1, 0.15) is 65.7 Å². The lowest BCUT2D eigenvalue weighted by atomic mass is 9.29. The fourth-order valence-electron chi connectivity index (χ4n) is 4.89. The van der Waals surface area contributed by atoms with Crippen LogP contribution < -0.4 is 0 Å². The Labute approximate surface area is 134 Å². The number of fused-ring (bicyclic) bond motifs is 3. The predicted molar refractivity (Wildman–Crippen MR) is 96.3 cm³/mol. The van der Waals surface area contributed by atoms with E-state index >= 15 is 0 Å². The van der Waals surface area contributed by atoms with Gasteiger partial charge in [0.25, 0.3) is 0 Å². The van der Waals surface area contributed by atoms with E-state index in [1.807, 2.05) is 11.8 Å². The van der Waals surface area contributed by atoms with E-state index in [0.29, 0.717) is 6.04 Å². The van der Waals surface area contributed by atoms with Gasteiger partial charge in [0.15, 0.2) is 0 Å². The first kappa shape index (κ1) is 15.2. The third-order valence-corrected chi connectivity index (χ3v) is 7.74. The van der Waals surface area contributed by atoms with Crippen molar-refractivity contribution in [2.75, 3.05) is 0 Å². The Kier molecular flexibility index (Phi) is 4.44. The van der Waals surface area contributed by atoms with E-state index < -0.39 is 0 Å². The molecule has 0 radical (unpaired) electrons. The van der Waals surface area contributed by atoms with Crippen LogP contribution >= 0.6 is 24.0 Å². The molecule has 4 fully saturated rings. The number of thioether (sulfide) groups is 1. The van der Waals surface area contributed by atoms with Crippen LogP contribution in [0, 0.1) is 0 Å². The minimum Gasteiger partial charge on any atom is -0.351 e. The van der Waals surface area contributed by atoms with Crippen LogP contribution in [0.2, 0.25) is 11.1 Å². The molecule has 1 nitrogen and oxygen atoms in total. The molecule has 20 heavy (non-hydrogen) atoms. The Morgan fingerprint density at radius 3 is 2.85 bits per heavy atom. The maximum atomic E-state index is 5.67. The third-order valence-electron chi connectivity index (χ3n) is 6.02. The van der Waals surface area contributed by atoms with Crippen molar-refractivity contribution in [3.63, 3.8) is 0 Å². The molecule has 0 spiro atoms. The molecule has 1 saturated carbocycles. The normalized spacial score (nSPS) is 41.1. The van der Waals surface area contributed by atoms with Crippen LogP contribution in [-0.4, -0.2) is 33.8 Å². The highest BCUT2D eigenvalue weighted by atomic mass is 32.2. The fourth-order valence-corrected chi connectivity index (χ4v) is 7.13. The Bertz CT molecular complexity index is 379. The second kappa shape index (κ2) is 5.83. The molecule has 0 amide bonds. The van der Waals surface area contributed by atoms with Crippen LogP contribution in [0.15, 0.2) is 0 Å². The van der Waals surface area contributed by atoms with Gasteiger partial charge in [0.1, 0.15) is 11.6 Å². The molecule has 4 rings (SSSR count). The van der Waals surface area contributed by atoms with E-state index in [-0.39, 0.29) is 0 Å². The minimum absolute atomic E-state index is 0.573. The molecule has 3 aliphatic heterocycles. The lowest BCUT2D eigenvalue weighted by Gasteiger charge is -2.49. The highest BCUT2D eigenvalue weighted by molar-refractivity contribution is 8.23. The van der Waals surface area contributed by atoms with Gasteiger partial charge in [0.2, 0.25) is 0 Å². The average Bonchev–Trinajstić information content (AvgIpc) is 2.67. The topological polar surface area (TPSA) is 3.24 Å². The van der Waals surface area contributed by atoms with Crippen molar-refractivity contribution in [3.8, 4) is 0 Å². The van der Waals surface area contributed by atoms with Crippen LogP contribution in [0.5, 0.6) is 0 Å². The monoisotopic (exact) mass is 309 g/mol. The number of rotatable bonds is 2. The van der Waals surface area contributed by atoms with E-state index in [0.717, 1.165) is 22.4 Å². The fraction of sp³-hybridized carbons (Fsp3) is 0.938. The molecule has 112 valence electrons. The van der Waals surface area contributed by atoms with Gasteiger partial charge in [0.05, 0.1) is 0 Å². The van der Waals surface area contributed by atoms with Gasteiger partial charge >= 0.3 is 0 Å². The summed E-state index contributed by atoms with van der Waals surface area (Å²) in [5, 5.41) is 1.52. The zero-order chi connectivity index (χ0) is 14.3. The summed E-state index contributed by atoms with van der Waals surface area (Å²) in [6.07, 6.45) is 10.0. The number of hydrogen-bond acceptors (Lipinski definition) is 2. The molecule has 3 saturated heterocycles. The van der Waals surface area contributed by atoms with Crippen molar-refractivity contribution in [2.45, 2.75) is 94.2 Å². The van der Waals surface area contributed by atoms with Crippen LogP contribution in [-0.2, 0) is 0 Å². The average molecular weight is 309 g/mol. The molecule has 0 N–H and O–H groups in total. The molecular formula is C16H28BNS2. The summed E-state index contributed by atoms with van der Waals surface area (Å²) in [5.74, 6) is 0.989. The Balaban J connectivity index is 1.73. The highest BCUT2D eigenvalue weighted by Crippen LogP contribution is 2.58. The van der Waals surface area contributed by atoms with Gasteiger partial charge < -0.3 is 4.90 Å². The van der Waals surface area contributed by atoms with Crippen LogP contribution in [0.25, 0.3) is 0 Å². The quantitative estimate of drug-likeness (QED) is 0.541. The summed E-state index contributed by atoms with van der Waals surface area (Å²) in [6, 6.07) is 1.30. The zero-order valence-corrected chi connectivity index (χ0v) is 14.9. The molecule has 1 aliphatic carbocycles. The molecule has 4 aliphatic rings. The summed E-state index contributed by atoms with van der Waals surface area (Å²) in [6.45, 7) is 7.02. The van der Waals surface area contributed by atoms with Gasteiger partial charge in [-0.1, -0.05) is 74.1 Å². The van der Waals surface area contributed by atoms with Crippen LogP contribution in [0.3, 0.4) is 0 Å². The van der Waals surface area contributed by atoms with Gasteiger partial charge in [-0.25, -0.2) is 0 Å². The van der Waals surface area contributed by atoms with E-state index in [9.17, 15) is 0 Å². The number of hydrogen-bond donors (Lipinski definition) is 0. The minimum atomic E-state index is 0.573. The van der Waals surface area contributed by atoms with Gasteiger partial charge in [-0.3, -0.25) is 0 Å². The van der Waals surface area contributed by atoms with Gasteiger partial charge in [-0.15, -0.1) is 0 Å². The third kappa shape index (κ3) is 2.67. The summed E-state index contributed by atoms with van der Waals surface area (Å²) in [7, 11) is 1.50. The van der Waals surface area contributed by atoms with Crippen molar-refractivity contribution >= 4 is 35.6 Å². The Hall–Kier alpha value is 0.305. The summed E-state index contributed by atoms with van der Waals surface area (Å²) >= 11 is 7.69. The Morgan fingerprint density at radius 1 is 1.45 bits per heavy atom. The first-order valence-electron chi connectivity index (χ1n) is 8.53. The smallest absolute Gasteiger partial charge is 0.137 e. The maximum Gasteiger partial charge on any atom is 0.137 e. The molecule has 2 bridgehead atoms. The Morgan fingerprint density at radius 2 is 2.20 bits per heavy atom. The molecule has 0 aromatic rings. The number of nitrogens with zero attached hydrogens (tertiary/aromatic N) is 1. The molecule has 0 aromatic carbocycles. The van der Waals surface area contributed by atoms with E-state index in [2.05, 4.69) is 25.7 Å². The molecule has 4 unspecified atom stereocenters. The van der Waals surface area contributed by atoms with E-state index in [1.165, 1.54) is 56.5 Å². The molecule has 0 aromatic heterocycles. The van der Waals surface area contributed by atoms with Crippen LogP contribution in [0.4, 0.5) is 0 Å². The van der Waals surface area contributed by atoms with Gasteiger partial charge in [-0.05, 0) is 26.7 Å². The summed E-state index contributed by atoms with van der Waals surface area (Å²) in [4.78, 5) is 2.55. The number of thiocarbonyl (C=S) groups is 1. The van der Waals surface area contributed by atoms with Crippen molar-refractivity contribution in [1.82, 2.24) is 4.90 Å². The summed E-state index contributed by atoms with van der Waals surface area (Å²) in [5.41, 5.74) is 0. The lowest BCUT2D eigenvalue weighted by molar-refractivity contribution is 0.234. The molecule has 4 heteroatoms. The highest BCUT2D eigenvalue weighted by Gasteiger charge is 2.48. The molecule has 3 heterocycles. The zero-order valence-electron chi connectivity index (χ0n) is 13.2. The first-order valence-corrected chi connectivity index (χ1v) is 9.82. The van der Waals surface area contributed by atoms with Crippen molar-refractivity contribution in [2.24, 2.45) is 0 Å². The van der Waals surface area contributed by atoms with Crippen molar-refractivity contribution in [3.05, 3.63) is 0 Å². The van der Waals surface area contributed by atoms with E-state index in [1.54, 1.807) is 0 Å². The maximum absolute atomic E-state index is 5.67. The standard InChI is InChI=1S/C16H28BNS2/c1-4-16-8-6-5-7-13-14(9-12(10-16)17-16)20-15(19)18(13)11(2)3/h11-14,17H,4-10H2,1-3H3. The largest absolute Gasteiger partial charge is 0.351 e. The van der Waals surface area contributed by atoms with Gasteiger partial charge in [-0.2, -0.15) is 0 Å². The van der Waals surface area contributed by atoms with Crippen molar-refractivity contribution < 1.29 is 0 Å². The summed E-state index contributed by atoms with van der Waals surface area (Å²) < 4.78 is 1.18. The van der Waals surface area contributed by atoms with E-state index in [4.69, 9.17) is 12.2 Å². The van der Waals surface area contributed by atoms with Gasteiger partial charge in [0, 0.05) is 17.3 Å². The molecule has 4 atom stereocenters. The second-order valence-electron chi connectivity index (χ2n) is 7.60. The second-order valence-corrected chi connectivity index (χ2v) is 9.47. The predicted octanol–water partition coefficient (Wildman–Crippen LogP) is 4.63. The first-order chi connectivity index (χ1) is 9.54. The SMILES string of the molecule is CCC12BC(CC3SC(=S)N(C(C)C)C3CCCC1)C2. The van der Waals surface area contributed by atoms with Crippen molar-refractivity contribution in [1.29, 1.82) is 0 Å². The lowest BCUT2D eigenvalue weighted by Crippen LogP contribution is -2.44.